The predicted molar refractivity (Wildman–Crippen MR) is 201 cm³/mol. The number of amides is 3. The van der Waals surface area contributed by atoms with Gasteiger partial charge in [-0.3, -0.25) is 14.4 Å². The fourth-order valence-corrected chi connectivity index (χ4v) is 6.45. The third-order valence-electron chi connectivity index (χ3n) is 8.52. The summed E-state index contributed by atoms with van der Waals surface area (Å²) in [4.78, 5) is 58.5. The fraction of sp³-hybridized carbons (Fsp3) is 0.513. The van der Waals surface area contributed by atoms with Gasteiger partial charge in [0.15, 0.2) is 0 Å². The normalized spacial score (nSPS) is 16.2. The summed E-state index contributed by atoms with van der Waals surface area (Å²) < 4.78 is 26.8. The van der Waals surface area contributed by atoms with Crippen LogP contribution in [-0.2, 0) is 56.0 Å². The van der Waals surface area contributed by atoms with Crippen LogP contribution in [0.15, 0.2) is 60.1 Å². The third kappa shape index (κ3) is 13.9. The summed E-state index contributed by atoms with van der Waals surface area (Å²) in [6.07, 6.45) is -0.772. The quantitative estimate of drug-likeness (QED) is 0.107. The highest BCUT2D eigenvalue weighted by Crippen LogP contribution is 2.28. The molecule has 14 nitrogen and oxygen atoms in total. The van der Waals surface area contributed by atoms with Crippen molar-refractivity contribution in [1.82, 2.24) is 20.5 Å². The number of ether oxygens (including phenoxy) is 5. The summed E-state index contributed by atoms with van der Waals surface area (Å²) in [7, 11) is 0. The molecule has 0 saturated carbocycles. The van der Waals surface area contributed by atoms with Crippen molar-refractivity contribution in [3.63, 3.8) is 0 Å². The number of aromatic nitrogens is 1. The number of likely N-dealkylation sites (tertiary alicyclic amines) is 1. The van der Waals surface area contributed by atoms with Gasteiger partial charge in [0.05, 0.1) is 61.8 Å². The monoisotopic (exact) mass is 768 g/mol. The molecule has 15 heteroatoms. The number of thiazole rings is 1. The number of carbonyl (C=O) groups is 4. The van der Waals surface area contributed by atoms with Gasteiger partial charge >= 0.3 is 5.97 Å². The van der Waals surface area contributed by atoms with Crippen LogP contribution in [0, 0.1) is 12.3 Å². The lowest BCUT2D eigenvalue weighted by atomic mass is 9.85. The van der Waals surface area contributed by atoms with E-state index in [-0.39, 0.29) is 71.7 Å². The average Bonchev–Trinajstić information content (AvgIpc) is 3.77. The lowest BCUT2D eigenvalue weighted by molar-refractivity contribution is -0.150. The largest absolute Gasteiger partial charge is 0.459 e. The van der Waals surface area contributed by atoms with Crippen molar-refractivity contribution in [1.29, 1.82) is 0 Å². The Morgan fingerprint density at radius 1 is 0.889 bits per heavy atom. The number of nitrogens with one attached hydrogen (secondary N) is 2. The van der Waals surface area contributed by atoms with Crippen LogP contribution in [0.5, 0.6) is 0 Å². The number of carbonyl (C=O) groups excluding carboxylic acids is 4. The molecule has 1 aromatic heterocycles. The zero-order chi connectivity index (χ0) is 38.9. The number of rotatable bonds is 21. The van der Waals surface area contributed by atoms with Crippen LogP contribution < -0.4 is 10.6 Å². The number of hydrogen-bond acceptors (Lipinski definition) is 12. The lowest BCUT2D eigenvalue weighted by Crippen LogP contribution is -2.58. The van der Waals surface area contributed by atoms with Crippen LogP contribution in [0.1, 0.15) is 44.0 Å². The summed E-state index contributed by atoms with van der Waals surface area (Å²) in [6.45, 7) is 8.88. The molecule has 0 radical (unpaired) electrons. The molecule has 1 fully saturated rings. The second-order valence-corrected chi connectivity index (χ2v) is 14.8. The number of β-amino-alcohol motifs (C(OH)–C–C–N with tert-alkyl or cyclic N) is 1. The van der Waals surface area contributed by atoms with E-state index in [1.54, 1.807) is 11.3 Å². The van der Waals surface area contributed by atoms with Gasteiger partial charge in [-0.2, -0.15) is 0 Å². The van der Waals surface area contributed by atoms with Crippen molar-refractivity contribution in [3.05, 3.63) is 76.9 Å². The highest BCUT2D eigenvalue weighted by Gasteiger charge is 2.44. The molecule has 3 atom stereocenters. The molecule has 2 aromatic carbocycles. The highest BCUT2D eigenvalue weighted by atomic mass is 32.1. The number of hydrogen-bond donors (Lipinski definition) is 3. The Bertz CT molecular complexity index is 1630. The van der Waals surface area contributed by atoms with Gasteiger partial charge in [0.25, 0.3) is 0 Å². The molecule has 3 unspecified atom stereocenters. The molecule has 3 N–H and O–H groups in total. The molecule has 0 bridgehead atoms. The van der Waals surface area contributed by atoms with Gasteiger partial charge in [0.1, 0.15) is 31.9 Å². The van der Waals surface area contributed by atoms with E-state index in [4.69, 9.17) is 23.7 Å². The molecule has 4 rings (SSSR count). The Morgan fingerprint density at radius 2 is 1.52 bits per heavy atom. The molecule has 0 aliphatic carbocycles. The Morgan fingerprint density at radius 3 is 2.13 bits per heavy atom. The van der Waals surface area contributed by atoms with Gasteiger partial charge in [-0.15, -0.1) is 11.3 Å². The number of benzene rings is 2. The molecule has 1 saturated heterocycles. The van der Waals surface area contributed by atoms with Crippen LogP contribution in [0.4, 0.5) is 0 Å². The Kier molecular flexibility index (Phi) is 17.0. The maximum absolute atomic E-state index is 13.8. The molecular weight excluding hydrogens is 717 g/mol. The molecule has 54 heavy (non-hydrogen) atoms. The van der Waals surface area contributed by atoms with Crippen molar-refractivity contribution < 1.29 is 48.0 Å². The van der Waals surface area contributed by atoms with E-state index in [1.165, 1.54) is 4.90 Å². The first kappa shape index (κ1) is 42.5. The van der Waals surface area contributed by atoms with Crippen LogP contribution >= 0.6 is 11.3 Å². The molecular formula is C39H52N4O10S. The Hall–Kier alpha value is -4.25. The standard InChI is InChI=1S/C39H52N4O10S/c1-27-35(54-26-41-27)30-12-10-28(11-13-30)21-40-37(47)32-20-31(44)22-43(32)38(48)36(39(2,3)4)42-33(45)24-51-18-16-49-14-15-50-17-19-52-25-34(46)53-23-29-8-6-5-7-9-29/h5-13,26,31-32,36,44H,14-25H2,1-4H3,(H,40,47)(H,42,45). The summed E-state index contributed by atoms with van der Waals surface area (Å²) in [5.41, 5.74) is 4.92. The summed E-state index contributed by atoms with van der Waals surface area (Å²) in [5.74, 6) is -1.77. The summed E-state index contributed by atoms with van der Waals surface area (Å²) >= 11 is 1.57. The predicted octanol–water partition coefficient (Wildman–Crippen LogP) is 3.04. The fourth-order valence-electron chi connectivity index (χ4n) is 5.64. The second-order valence-electron chi connectivity index (χ2n) is 13.9. The number of aryl methyl sites for hydroxylation is 1. The minimum atomic E-state index is -0.964. The maximum Gasteiger partial charge on any atom is 0.332 e. The zero-order valence-electron chi connectivity index (χ0n) is 31.4. The Labute approximate surface area is 320 Å². The zero-order valence-corrected chi connectivity index (χ0v) is 32.2. The van der Waals surface area contributed by atoms with E-state index in [9.17, 15) is 24.3 Å². The van der Waals surface area contributed by atoms with Gasteiger partial charge in [-0.1, -0.05) is 75.4 Å². The van der Waals surface area contributed by atoms with Crippen molar-refractivity contribution in [3.8, 4) is 10.4 Å². The first-order valence-corrected chi connectivity index (χ1v) is 18.9. The minimum absolute atomic E-state index is 0.0172. The highest BCUT2D eigenvalue weighted by molar-refractivity contribution is 7.13. The van der Waals surface area contributed by atoms with Gasteiger partial charge in [-0.05, 0) is 29.0 Å². The first-order valence-electron chi connectivity index (χ1n) is 18.0. The SMILES string of the molecule is Cc1ncsc1-c1ccc(CNC(=O)C2CC(O)CN2C(=O)C(NC(=O)COCCOCCOCCOCC(=O)OCc2ccccc2)C(C)(C)C)cc1. The van der Waals surface area contributed by atoms with E-state index >= 15 is 0 Å². The topological polar surface area (TPSA) is 175 Å². The van der Waals surface area contributed by atoms with Gasteiger partial charge in [0, 0.05) is 19.5 Å². The average molecular weight is 769 g/mol. The first-order chi connectivity index (χ1) is 25.9. The molecule has 294 valence electrons. The van der Waals surface area contributed by atoms with E-state index in [1.807, 2.05) is 87.8 Å². The molecule has 3 amide bonds. The van der Waals surface area contributed by atoms with Gasteiger partial charge in [0.2, 0.25) is 17.7 Å². The van der Waals surface area contributed by atoms with Crippen LogP contribution in [-0.4, -0.2) is 116 Å². The molecule has 1 aliphatic heterocycles. The smallest absolute Gasteiger partial charge is 0.332 e. The van der Waals surface area contributed by atoms with E-state index in [0.717, 1.165) is 27.3 Å². The van der Waals surface area contributed by atoms with Crippen LogP contribution in [0.25, 0.3) is 10.4 Å². The molecule has 2 heterocycles. The van der Waals surface area contributed by atoms with Gasteiger partial charge in [-0.25, -0.2) is 9.78 Å². The molecule has 0 spiro atoms. The third-order valence-corrected chi connectivity index (χ3v) is 9.50. The van der Waals surface area contributed by atoms with E-state index < -0.39 is 41.4 Å². The number of aliphatic hydroxyl groups is 1. The summed E-state index contributed by atoms with van der Waals surface area (Å²) in [5, 5.41) is 16.1. The molecule has 3 aromatic rings. The van der Waals surface area contributed by atoms with Crippen LogP contribution in [0.3, 0.4) is 0 Å². The van der Waals surface area contributed by atoms with E-state index in [0.29, 0.717) is 13.2 Å². The minimum Gasteiger partial charge on any atom is -0.459 e. The summed E-state index contributed by atoms with van der Waals surface area (Å²) in [6, 6.07) is 15.4. The number of aliphatic hydroxyl groups excluding tert-OH is 1. The lowest BCUT2D eigenvalue weighted by Gasteiger charge is -2.35. The van der Waals surface area contributed by atoms with Crippen molar-refractivity contribution >= 4 is 35.0 Å². The number of esters is 1. The number of nitrogens with zero attached hydrogens (tertiary/aromatic N) is 2. The molecule has 1 aliphatic rings. The maximum atomic E-state index is 13.8. The van der Waals surface area contributed by atoms with E-state index in [2.05, 4.69) is 15.6 Å². The van der Waals surface area contributed by atoms with Gasteiger partial charge < -0.3 is 44.3 Å². The van der Waals surface area contributed by atoms with Crippen molar-refractivity contribution in [2.24, 2.45) is 5.41 Å². The second kappa shape index (κ2) is 21.6. The Balaban J connectivity index is 1.10. The van der Waals surface area contributed by atoms with Crippen molar-refractivity contribution in [2.45, 2.75) is 65.5 Å². The van der Waals surface area contributed by atoms with Crippen LogP contribution in [0.2, 0.25) is 0 Å². The van der Waals surface area contributed by atoms with Crippen molar-refractivity contribution in [2.75, 3.05) is 59.4 Å².